The van der Waals surface area contributed by atoms with Gasteiger partial charge in [-0.1, -0.05) is 24.3 Å². The van der Waals surface area contributed by atoms with E-state index in [1.165, 1.54) is 11.1 Å². The van der Waals surface area contributed by atoms with Crippen LogP contribution in [0.4, 0.5) is 0 Å². The van der Waals surface area contributed by atoms with Crippen LogP contribution < -0.4 is 5.32 Å². The number of aryl methyl sites for hydroxylation is 1. The fourth-order valence-corrected chi connectivity index (χ4v) is 1.46. The van der Waals surface area contributed by atoms with Crippen molar-refractivity contribution in [3.05, 3.63) is 35.4 Å². The summed E-state index contributed by atoms with van der Waals surface area (Å²) in [7, 11) is 0. The Labute approximate surface area is 79.6 Å². The summed E-state index contributed by atoms with van der Waals surface area (Å²) in [6, 6.07) is 8.61. The van der Waals surface area contributed by atoms with Crippen molar-refractivity contribution >= 4 is 0 Å². The van der Waals surface area contributed by atoms with E-state index in [2.05, 4.69) is 31.3 Å². The predicted octanol–water partition coefficient (Wildman–Crippen LogP) is 1.64. The first kappa shape index (κ1) is 10.2. The summed E-state index contributed by atoms with van der Waals surface area (Å²) >= 11 is 0. The first-order valence-electron chi connectivity index (χ1n) is 4.65. The molecule has 2 nitrogen and oxygen atoms in total. The Hall–Kier alpha value is -0.860. The van der Waals surface area contributed by atoms with E-state index in [0.717, 1.165) is 0 Å². The van der Waals surface area contributed by atoms with E-state index >= 15 is 0 Å². The summed E-state index contributed by atoms with van der Waals surface area (Å²) in [5, 5.41) is 11.9. The lowest BCUT2D eigenvalue weighted by molar-refractivity contribution is 0.286. The molecule has 1 aromatic rings. The molecule has 0 heterocycles. The molecule has 0 aliphatic heterocycles. The molecule has 1 unspecified atom stereocenters. The molecule has 0 bridgehead atoms. The van der Waals surface area contributed by atoms with Crippen LogP contribution in [0.5, 0.6) is 0 Å². The summed E-state index contributed by atoms with van der Waals surface area (Å²) in [5.41, 5.74) is 2.59. The van der Waals surface area contributed by atoms with E-state index in [4.69, 9.17) is 5.11 Å². The van der Waals surface area contributed by atoms with Crippen molar-refractivity contribution in [2.24, 2.45) is 0 Å². The van der Waals surface area contributed by atoms with Gasteiger partial charge in [-0.2, -0.15) is 0 Å². The predicted molar refractivity (Wildman–Crippen MR) is 54.7 cm³/mol. The molecule has 0 spiro atoms. The van der Waals surface area contributed by atoms with Gasteiger partial charge in [0, 0.05) is 12.6 Å². The van der Waals surface area contributed by atoms with Crippen LogP contribution in [0, 0.1) is 6.92 Å². The molecule has 0 aromatic heterocycles. The molecule has 0 aliphatic carbocycles. The van der Waals surface area contributed by atoms with Crippen molar-refractivity contribution in [3.63, 3.8) is 0 Å². The third-order valence-electron chi connectivity index (χ3n) is 2.22. The van der Waals surface area contributed by atoms with Gasteiger partial charge in [0.15, 0.2) is 0 Å². The number of nitrogens with one attached hydrogen (secondary N) is 1. The lowest BCUT2D eigenvalue weighted by Crippen LogP contribution is -2.22. The van der Waals surface area contributed by atoms with Gasteiger partial charge in [-0.3, -0.25) is 0 Å². The second-order valence-electron chi connectivity index (χ2n) is 3.26. The van der Waals surface area contributed by atoms with Crippen molar-refractivity contribution in [1.82, 2.24) is 5.32 Å². The Morgan fingerprint density at radius 2 is 2.08 bits per heavy atom. The highest BCUT2D eigenvalue weighted by Gasteiger charge is 2.05. The minimum Gasteiger partial charge on any atom is -0.395 e. The van der Waals surface area contributed by atoms with E-state index < -0.39 is 0 Å². The fourth-order valence-electron chi connectivity index (χ4n) is 1.46. The molecule has 72 valence electrons. The Kier molecular flexibility index (Phi) is 3.93. The second-order valence-corrected chi connectivity index (χ2v) is 3.26. The minimum atomic E-state index is 0.191. The van der Waals surface area contributed by atoms with Gasteiger partial charge in [-0.05, 0) is 25.0 Å². The van der Waals surface area contributed by atoms with Gasteiger partial charge >= 0.3 is 0 Å². The van der Waals surface area contributed by atoms with E-state index in [1.807, 2.05) is 12.1 Å². The standard InChI is InChI=1S/C11H17NO/c1-9-5-3-4-6-11(9)10(2)12-7-8-13/h3-6,10,12-13H,7-8H2,1-2H3. The quantitative estimate of drug-likeness (QED) is 0.736. The normalized spacial score (nSPS) is 12.8. The van der Waals surface area contributed by atoms with Crippen molar-refractivity contribution in [1.29, 1.82) is 0 Å². The zero-order valence-electron chi connectivity index (χ0n) is 8.25. The molecule has 0 amide bonds. The highest BCUT2D eigenvalue weighted by atomic mass is 16.3. The van der Waals surface area contributed by atoms with E-state index in [9.17, 15) is 0 Å². The number of rotatable bonds is 4. The third-order valence-corrected chi connectivity index (χ3v) is 2.22. The summed E-state index contributed by atoms with van der Waals surface area (Å²) < 4.78 is 0. The zero-order valence-corrected chi connectivity index (χ0v) is 8.25. The third kappa shape index (κ3) is 2.83. The SMILES string of the molecule is Cc1ccccc1C(C)NCCO. The highest BCUT2D eigenvalue weighted by Crippen LogP contribution is 2.15. The topological polar surface area (TPSA) is 32.3 Å². The lowest BCUT2D eigenvalue weighted by atomic mass is 10.0. The molecule has 0 saturated heterocycles. The molecule has 1 aromatic carbocycles. The monoisotopic (exact) mass is 179 g/mol. The van der Waals surface area contributed by atoms with Crippen LogP contribution in [0.25, 0.3) is 0 Å². The molecule has 2 N–H and O–H groups in total. The van der Waals surface area contributed by atoms with Crippen molar-refractivity contribution in [3.8, 4) is 0 Å². The number of aliphatic hydroxyl groups is 1. The number of hydrogen-bond donors (Lipinski definition) is 2. The van der Waals surface area contributed by atoms with Crippen LogP contribution in [-0.2, 0) is 0 Å². The molecule has 0 fully saturated rings. The van der Waals surface area contributed by atoms with Gasteiger partial charge in [0.1, 0.15) is 0 Å². The largest absolute Gasteiger partial charge is 0.395 e. The molecular formula is C11H17NO. The highest BCUT2D eigenvalue weighted by molar-refractivity contribution is 5.28. The maximum absolute atomic E-state index is 8.67. The Balaban J connectivity index is 2.65. The smallest absolute Gasteiger partial charge is 0.0556 e. The first-order chi connectivity index (χ1) is 6.25. The van der Waals surface area contributed by atoms with Gasteiger partial charge in [0.05, 0.1) is 6.61 Å². The summed E-state index contributed by atoms with van der Waals surface area (Å²) in [4.78, 5) is 0. The summed E-state index contributed by atoms with van der Waals surface area (Å²) in [5.74, 6) is 0. The Bertz CT molecular complexity index is 260. The molecule has 2 heteroatoms. The van der Waals surface area contributed by atoms with Crippen molar-refractivity contribution in [2.75, 3.05) is 13.2 Å². The molecule has 0 radical (unpaired) electrons. The lowest BCUT2D eigenvalue weighted by Gasteiger charge is -2.15. The minimum absolute atomic E-state index is 0.191. The van der Waals surface area contributed by atoms with Gasteiger partial charge in [-0.25, -0.2) is 0 Å². The van der Waals surface area contributed by atoms with Crippen LogP contribution in [-0.4, -0.2) is 18.3 Å². The second kappa shape index (κ2) is 5.00. The molecule has 13 heavy (non-hydrogen) atoms. The van der Waals surface area contributed by atoms with E-state index in [0.29, 0.717) is 12.6 Å². The maximum Gasteiger partial charge on any atom is 0.0556 e. The van der Waals surface area contributed by atoms with Crippen molar-refractivity contribution in [2.45, 2.75) is 19.9 Å². The van der Waals surface area contributed by atoms with Crippen LogP contribution >= 0.6 is 0 Å². The van der Waals surface area contributed by atoms with Crippen LogP contribution in [0.3, 0.4) is 0 Å². The van der Waals surface area contributed by atoms with E-state index in [-0.39, 0.29) is 6.61 Å². The number of aliphatic hydroxyl groups excluding tert-OH is 1. The van der Waals surface area contributed by atoms with Crippen molar-refractivity contribution < 1.29 is 5.11 Å². The number of benzene rings is 1. The number of hydrogen-bond acceptors (Lipinski definition) is 2. The van der Waals surface area contributed by atoms with Gasteiger partial charge in [-0.15, -0.1) is 0 Å². The van der Waals surface area contributed by atoms with Crippen LogP contribution in [0.15, 0.2) is 24.3 Å². The maximum atomic E-state index is 8.67. The van der Waals surface area contributed by atoms with Gasteiger partial charge in [0.2, 0.25) is 0 Å². The van der Waals surface area contributed by atoms with Crippen LogP contribution in [0.1, 0.15) is 24.1 Å². The Morgan fingerprint density at radius 1 is 1.38 bits per heavy atom. The molecule has 0 saturated carbocycles. The summed E-state index contributed by atoms with van der Waals surface area (Å²) in [6.45, 7) is 5.05. The molecule has 0 aliphatic rings. The zero-order chi connectivity index (χ0) is 9.68. The average molecular weight is 179 g/mol. The van der Waals surface area contributed by atoms with Gasteiger partial charge < -0.3 is 10.4 Å². The van der Waals surface area contributed by atoms with E-state index in [1.54, 1.807) is 0 Å². The summed E-state index contributed by atoms with van der Waals surface area (Å²) in [6.07, 6.45) is 0. The first-order valence-corrected chi connectivity index (χ1v) is 4.65. The molecule has 1 atom stereocenters. The molecular weight excluding hydrogens is 162 g/mol. The fraction of sp³-hybridized carbons (Fsp3) is 0.455. The van der Waals surface area contributed by atoms with Gasteiger partial charge in [0.25, 0.3) is 0 Å². The average Bonchev–Trinajstić information content (AvgIpc) is 2.15. The van der Waals surface area contributed by atoms with Crippen LogP contribution in [0.2, 0.25) is 0 Å². The Morgan fingerprint density at radius 3 is 2.69 bits per heavy atom. The molecule has 1 rings (SSSR count).